The molecule has 33 heteroatoms. The summed E-state index contributed by atoms with van der Waals surface area (Å²) < 4.78 is 39.1. The van der Waals surface area contributed by atoms with Crippen LogP contribution >= 0.6 is 0 Å². The Labute approximate surface area is 526 Å². The quantitative estimate of drug-likeness (QED) is 0.0594. The van der Waals surface area contributed by atoms with Gasteiger partial charge in [-0.25, -0.2) is 28.8 Å². The van der Waals surface area contributed by atoms with E-state index in [9.17, 15) is 67.1 Å². The summed E-state index contributed by atoms with van der Waals surface area (Å²) in [5.41, 5.74) is -3.48. The lowest BCUT2D eigenvalue weighted by Gasteiger charge is -2.22. The molecule has 6 atom stereocenters. The Morgan fingerprint density at radius 2 is 0.549 bits per heavy atom. The molecule has 0 saturated heterocycles. The van der Waals surface area contributed by atoms with Gasteiger partial charge in [0.15, 0.2) is 0 Å². The zero-order valence-electron chi connectivity index (χ0n) is 54.8. The first-order valence-electron chi connectivity index (χ1n) is 27.7. The van der Waals surface area contributed by atoms with Crippen molar-refractivity contribution in [2.45, 2.75) is 182 Å². The molecule has 0 fully saturated rings. The van der Waals surface area contributed by atoms with Gasteiger partial charge in [-0.2, -0.15) is 0 Å². The number of alkyl carbamates (subject to hydrolysis) is 4. The number of rotatable bonds is 22. The third-order valence-electron chi connectivity index (χ3n) is 10.7. The second-order valence-corrected chi connectivity index (χ2v) is 23.7. The molecule has 0 unspecified atom stereocenters. The maximum atomic E-state index is 13.2. The van der Waals surface area contributed by atoms with Gasteiger partial charge >= 0.3 is 48.3 Å². The average molecular weight is 1290 g/mol. The van der Waals surface area contributed by atoms with Crippen LogP contribution in [0.2, 0.25) is 0 Å². The molecule has 12 N–H and O–H groups in total. The SMILES string of the molecule is COC(=O)C[C@H](NC(=O)c1cc(NC(=O)[C@H](C)NC(=O)OC(C)(C)C)cc(NC(=O)[C@H](C)NC(=O)OC(C)(C)C)c1)C(=O)OC.COC(=O)C[C@H](NC(=O)c1cc(NC(=O)[C@H](C)NC(=O)OC(C)(C)C)cc(NC(=O)[C@H](C)NC(=O)OC(C)(C)C)c1)C(=O)OC.O. The maximum Gasteiger partial charge on any atom is 0.408 e. The van der Waals surface area contributed by atoms with Crippen LogP contribution in [0, 0.1) is 0 Å². The van der Waals surface area contributed by atoms with Gasteiger partial charge in [0.1, 0.15) is 58.7 Å². The van der Waals surface area contributed by atoms with Gasteiger partial charge in [0.05, 0.1) is 41.3 Å². The largest absolute Gasteiger partial charge is 0.469 e. The number of nitrogens with one attached hydrogen (secondary N) is 10. The number of amides is 10. The van der Waals surface area contributed by atoms with E-state index in [1.807, 2.05) is 0 Å². The van der Waals surface area contributed by atoms with Crippen molar-refractivity contribution in [3.05, 3.63) is 47.5 Å². The molecule has 2 rings (SSSR count). The summed E-state index contributed by atoms with van der Waals surface area (Å²) >= 11 is 0. The molecule has 0 aliphatic heterocycles. The summed E-state index contributed by atoms with van der Waals surface area (Å²) in [6, 6.07) is 0.401. The summed E-state index contributed by atoms with van der Waals surface area (Å²) in [6.45, 7) is 25.5. The minimum atomic E-state index is -1.41. The van der Waals surface area contributed by atoms with E-state index in [4.69, 9.17) is 18.9 Å². The summed E-state index contributed by atoms with van der Waals surface area (Å²) in [6.07, 6.45) is -4.41. The van der Waals surface area contributed by atoms with Crippen LogP contribution in [0.5, 0.6) is 0 Å². The number of anilines is 4. The Hall–Kier alpha value is -9.82. The Balaban J connectivity index is 0.00000176. The predicted molar refractivity (Wildman–Crippen MR) is 326 cm³/mol. The number of esters is 4. The van der Waals surface area contributed by atoms with Crippen LogP contribution in [0.1, 0.15) is 144 Å². The smallest absolute Gasteiger partial charge is 0.408 e. The highest BCUT2D eigenvalue weighted by atomic mass is 16.6. The standard InChI is InChI=1S/2C29H43N5O11.H2O/c2*1-15(30-26(40)44-28(3,4)5)22(36)32-18-11-17(24(38)34-20(25(39)43-10)14-21(35)42-9)12-19(13-18)33-23(37)16(2)31-27(41)45-29(6,7)8;/h2*11-13,15-16,20H,14H2,1-10H3,(H,30,40)(H,31,41)(H,32,36)(H,33,37)(H,34,38);1H2/t2*15-,16-,20-;/m00./s1. The fraction of sp³-hybridized carbons (Fsp3) is 0.552. The van der Waals surface area contributed by atoms with Crippen molar-refractivity contribution in [3.8, 4) is 0 Å². The van der Waals surface area contributed by atoms with E-state index in [-0.39, 0.29) is 39.4 Å². The Bertz CT molecular complexity index is 2630. The molecular weight excluding hydrogens is 1200 g/mol. The third kappa shape index (κ3) is 32.8. The molecule has 508 valence electrons. The first-order valence-corrected chi connectivity index (χ1v) is 27.7. The number of carbonyl (C=O) groups is 14. The molecule has 0 aliphatic carbocycles. The van der Waals surface area contributed by atoms with E-state index in [0.29, 0.717) is 0 Å². The van der Waals surface area contributed by atoms with Gasteiger partial charge in [-0.1, -0.05) is 0 Å². The number of benzene rings is 2. The topological polar surface area (TPSA) is 465 Å². The van der Waals surface area contributed by atoms with Crippen molar-refractivity contribution in [3.63, 3.8) is 0 Å². The minimum absolute atomic E-state index is 0. The van der Waals surface area contributed by atoms with Crippen molar-refractivity contribution < 1.29 is 110 Å². The Morgan fingerprint density at radius 3 is 0.725 bits per heavy atom. The molecule has 0 aliphatic rings. The minimum Gasteiger partial charge on any atom is -0.469 e. The highest BCUT2D eigenvalue weighted by Gasteiger charge is 2.31. The van der Waals surface area contributed by atoms with Crippen molar-refractivity contribution >= 4 is 106 Å². The number of ether oxygens (including phenoxy) is 8. The predicted octanol–water partition coefficient (Wildman–Crippen LogP) is 3.62. The number of methoxy groups -OCH3 is 4. The van der Waals surface area contributed by atoms with E-state index >= 15 is 0 Å². The number of hydrogen-bond donors (Lipinski definition) is 10. The molecule has 2 aromatic rings. The van der Waals surface area contributed by atoms with E-state index in [1.165, 1.54) is 64.1 Å². The second-order valence-electron chi connectivity index (χ2n) is 23.7. The van der Waals surface area contributed by atoms with Crippen molar-refractivity contribution in [1.82, 2.24) is 31.9 Å². The molecule has 0 aromatic heterocycles. The summed E-state index contributed by atoms with van der Waals surface area (Å²) in [7, 11) is 4.36. The lowest BCUT2D eigenvalue weighted by molar-refractivity contribution is -0.149. The molecule has 2 aromatic carbocycles. The molecule has 33 nitrogen and oxygen atoms in total. The van der Waals surface area contributed by atoms with Crippen LogP contribution < -0.4 is 53.2 Å². The van der Waals surface area contributed by atoms with E-state index < -0.39 is 155 Å². The molecular formula is C58H88N10O23. The van der Waals surface area contributed by atoms with Gasteiger partial charge in [0.25, 0.3) is 11.8 Å². The number of hydrogen-bond acceptors (Lipinski definition) is 22. The van der Waals surface area contributed by atoms with Crippen LogP contribution in [0.25, 0.3) is 0 Å². The molecule has 0 spiro atoms. The highest BCUT2D eigenvalue weighted by molar-refractivity contribution is 6.06. The highest BCUT2D eigenvalue weighted by Crippen LogP contribution is 2.23. The summed E-state index contributed by atoms with van der Waals surface area (Å²) in [5.74, 6) is -7.98. The van der Waals surface area contributed by atoms with Gasteiger partial charge in [0, 0.05) is 33.9 Å². The molecule has 91 heavy (non-hydrogen) atoms. The Kier molecular flexibility index (Phi) is 32.1. The normalized spacial score (nSPS) is 13.0. The van der Waals surface area contributed by atoms with Gasteiger partial charge < -0.3 is 96.5 Å². The molecule has 0 heterocycles. The van der Waals surface area contributed by atoms with Gasteiger partial charge in [-0.3, -0.25) is 38.4 Å². The van der Waals surface area contributed by atoms with Crippen LogP contribution in [-0.2, 0) is 76.3 Å². The molecule has 0 radical (unpaired) electrons. The van der Waals surface area contributed by atoms with E-state index in [1.54, 1.807) is 83.1 Å². The average Bonchev–Trinajstić information content (AvgIpc) is 1.50. The first-order chi connectivity index (χ1) is 41.3. The first kappa shape index (κ1) is 81.2. The zero-order chi connectivity index (χ0) is 69.4. The van der Waals surface area contributed by atoms with Crippen LogP contribution in [0.3, 0.4) is 0 Å². The second kappa shape index (κ2) is 36.0. The summed E-state index contributed by atoms with van der Waals surface area (Å²) in [4.78, 5) is 174. The monoisotopic (exact) mass is 1290 g/mol. The Morgan fingerprint density at radius 1 is 0.341 bits per heavy atom. The van der Waals surface area contributed by atoms with Crippen molar-refractivity contribution in [2.24, 2.45) is 0 Å². The molecule has 10 amide bonds. The lowest BCUT2D eigenvalue weighted by atomic mass is 10.1. The summed E-state index contributed by atoms with van der Waals surface area (Å²) in [5, 5.41) is 24.4. The van der Waals surface area contributed by atoms with Gasteiger partial charge in [-0.15, -0.1) is 0 Å². The third-order valence-corrected chi connectivity index (χ3v) is 10.7. The van der Waals surface area contributed by atoms with Crippen molar-refractivity contribution in [2.75, 3.05) is 49.7 Å². The lowest BCUT2D eigenvalue weighted by Crippen LogP contribution is -2.44. The van der Waals surface area contributed by atoms with Crippen LogP contribution in [0.15, 0.2) is 36.4 Å². The van der Waals surface area contributed by atoms with Gasteiger partial charge in [0.2, 0.25) is 23.6 Å². The number of carbonyl (C=O) groups excluding carboxylic acids is 14. The fourth-order valence-corrected chi connectivity index (χ4v) is 6.66. The zero-order valence-corrected chi connectivity index (χ0v) is 54.8. The van der Waals surface area contributed by atoms with Crippen LogP contribution in [0.4, 0.5) is 41.9 Å². The van der Waals surface area contributed by atoms with Crippen molar-refractivity contribution in [1.29, 1.82) is 0 Å². The fourth-order valence-electron chi connectivity index (χ4n) is 6.66. The molecule has 0 saturated carbocycles. The van der Waals surface area contributed by atoms with E-state index in [2.05, 4.69) is 72.1 Å². The van der Waals surface area contributed by atoms with E-state index in [0.717, 1.165) is 28.4 Å². The van der Waals surface area contributed by atoms with Gasteiger partial charge in [-0.05, 0) is 147 Å². The molecule has 0 bridgehead atoms. The maximum absolute atomic E-state index is 13.2. The van der Waals surface area contributed by atoms with Crippen LogP contribution in [-0.4, -0.2) is 176 Å².